The number of nitrogens with zero attached hydrogens (tertiary/aromatic N) is 2. The third-order valence-electron chi connectivity index (χ3n) is 6.48. The second kappa shape index (κ2) is 14.4. The van der Waals surface area contributed by atoms with E-state index in [2.05, 4.69) is 12.2 Å². The molecule has 2 amide bonds. The summed E-state index contributed by atoms with van der Waals surface area (Å²) in [4.78, 5) is 28.2. The number of rotatable bonds is 14. The molecule has 0 fully saturated rings. The Balaban J connectivity index is 2.24. The fourth-order valence-corrected chi connectivity index (χ4v) is 5.43. The SMILES string of the molecule is CCCCNC(=O)[C@H](CC)N(Cc1ccccc1C)C(=O)CCCN(c1cccc(Cl)c1C)S(C)(=O)=O. The molecule has 1 N–H and O–H groups in total. The Morgan fingerprint density at radius 1 is 1.03 bits per heavy atom. The molecule has 0 radical (unpaired) electrons. The van der Waals surface area contributed by atoms with Gasteiger partial charge in [-0.3, -0.25) is 13.9 Å². The molecule has 204 valence electrons. The van der Waals surface area contributed by atoms with Crippen LogP contribution in [0.1, 0.15) is 62.6 Å². The predicted molar refractivity (Wildman–Crippen MR) is 151 cm³/mol. The number of halogens is 1. The van der Waals surface area contributed by atoms with Gasteiger partial charge in [-0.05, 0) is 61.9 Å². The van der Waals surface area contributed by atoms with Gasteiger partial charge in [-0.2, -0.15) is 0 Å². The van der Waals surface area contributed by atoms with Crippen LogP contribution in [0.25, 0.3) is 0 Å². The molecule has 0 aliphatic carbocycles. The lowest BCUT2D eigenvalue weighted by atomic mass is 10.0. The third kappa shape index (κ3) is 8.75. The zero-order valence-electron chi connectivity index (χ0n) is 22.6. The molecule has 0 unspecified atom stereocenters. The number of hydrogen-bond donors (Lipinski definition) is 1. The van der Waals surface area contributed by atoms with E-state index in [4.69, 9.17) is 11.6 Å². The van der Waals surface area contributed by atoms with Crippen molar-refractivity contribution >= 4 is 39.1 Å². The molecule has 1 atom stereocenters. The van der Waals surface area contributed by atoms with Crippen LogP contribution < -0.4 is 9.62 Å². The van der Waals surface area contributed by atoms with E-state index in [1.165, 1.54) is 4.31 Å². The van der Waals surface area contributed by atoms with Crippen molar-refractivity contribution in [2.45, 2.75) is 72.4 Å². The van der Waals surface area contributed by atoms with Crippen LogP contribution in [0.4, 0.5) is 5.69 Å². The van der Waals surface area contributed by atoms with Gasteiger partial charge in [0.25, 0.3) is 0 Å². The zero-order chi connectivity index (χ0) is 27.6. The van der Waals surface area contributed by atoms with Crippen molar-refractivity contribution < 1.29 is 18.0 Å². The van der Waals surface area contributed by atoms with Gasteiger partial charge < -0.3 is 10.2 Å². The molecular formula is C28H40ClN3O4S. The number of aryl methyl sites for hydroxylation is 1. The van der Waals surface area contributed by atoms with Crippen molar-refractivity contribution in [1.29, 1.82) is 0 Å². The Labute approximate surface area is 227 Å². The Morgan fingerprint density at radius 3 is 2.35 bits per heavy atom. The first-order chi connectivity index (χ1) is 17.5. The van der Waals surface area contributed by atoms with E-state index < -0.39 is 16.1 Å². The van der Waals surface area contributed by atoms with E-state index in [0.29, 0.717) is 42.2 Å². The average molecular weight is 550 g/mol. The second-order valence-corrected chi connectivity index (χ2v) is 11.7. The highest BCUT2D eigenvalue weighted by Crippen LogP contribution is 2.28. The second-order valence-electron chi connectivity index (χ2n) is 9.34. The van der Waals surface area contributed by atoms with Gasteiger partial charge >= 0.3 is 0 Å². The van der Waals surface area contributed by atoms with E-state index in [9.17, 15) is 18.0 Å². The van der Waals surface area contributed by atoms with Crippen molar-refractivity contribution in [1.82, 2.24) is 10.2 Å². The number of carbonyl (C=O) groups is 2. The summed E-state index contributed by atoms with van der Waals surface area (Å²) in [5.74, 6) is -0.345. The Morgan fingerprint density at radius 2 is 1.73 bits per heavy atom. The lowest BCUT2D eigenvalue weighted by Crippen LogP contribution is -2.49. The van der Waals surface area contributed by atoms with Crippen LogP contribution in [0, 0.1) is 13.8 Å². The fraction of sp³-hybridized carbons (Fsp3) is 0.500. The van der Waals surface area contributed by atoms with Crippen LogP contribution in [0.5, 0.6) is 0 Å². The number of anilines is 1. The average Bonchev–Trinajstić information content (AvgIpc) is 2.84. The Hall–Kier alpha value is -2.58. The minimum absolute atomic E-state index is 0.107. The van der Waals surface area contributed by atoms with E-state index in [-0.39, 0.29) is 24.8 Å². The first kappa shape index (κ1) is 30.6. The standard InChI is InChI=1S/C28H40ClN3O4S/c1-6-8-18-30-28(34)25(7-2)31(20-23-14-10-9-13-21(23)3)27(33)17-12-19-32(37(5,35)36)26-16-11-15-24(29)22(26)4/h9-11,13-16,25H,6-8,12,17-20H2,1-5H3,(H,30,34)/t25-/m0/s1. The van der Waals surface area contributed by atoms with Gasteiger partial charge in [0.15, 0.2) is 0 Å². The van der Waals surface area contributed by atoms with Crippen LogP contribution in [0.3, 0.4) is 0 Å². The molecule has 0 aromatic heterocycles. The molecule has 2 rings (SSSR count). The molecule has 0 saturated carbocycles. The number of carbonyl (C=O) groups excluding carboxylic acids is 2. The summed E-state index contributed by atoms with van der Waals surface area (Å²) in [6, 6.07) is 12.3. The molecule has 9 heteroatoms. The Kier molecular flexibility index (Phi) is 11.9. The summed E-state index contributed by atoms with van der Waals surface area (Å²) in [5.41, 5.74) is 3.18. The van der Waals surface area contributed by atoms with Crippen molar-refractivity contribution in [2.75, 3.05) is 23.7 Å². The summed E-state index contributed by atoms with van der Waals surface area (Å²) in [7, 11) is -3.59. The smallest absolute Gasteiger partial charge is 0.242 e. The van der Waals surface area contributed by atoms with Gasteiger partial charge in [-0.25, -0.2) is 8.42 Å². The monoisotopic (exact) mass is 549 g/mol. The highest BCUT2D eigenvalue weighted by Gasteiger charge is 2.29. The lowest BCUT2D eigenvalue weighted by Gasteiger charge is -2.31. The maximum atomic E-state index is 13.5. The molecule has 0 saturated heterocycles. The van der Waals surface area contributed by atoms with Crippen molar-refractivity contribution in [2.24, 2.45) is 0 Å². The molecule has 2 aromatic rings. The van der Waals surface area contributed by atoms with E-state index in [0.717, 1.165) is 30.2 Å². The molecule has 37 heavy (non-hydrogen) atoms. The summed E-state index contributed by atoms with van der Waals surface area (Å²) < 4.78 is 26.5. The van der Waals surface area contributed by atoms with Gasteiger partial charge in [0, 0.05) is 31.1 Å². The maximum absolute atomic E-state index is 13.5. The number of unbranched alkanes of at least 4 members (excludes halogenated alkanes) is 1. The number of amides is 2. The molecule has 0 heterocycles. The molecular weight excluding hydrogens is 510 g/mol. The molecule has 2 aromatic carbocycles. The van der Waals surface area contributed by atoms with E-state index in [1.807, 2.05) is 38.1 Å². The van der Waals surface area contributed by atoms with Crippen LogP contribution in [-0.4, -0.2) is 50.5 Å². The van der Waals surface area contributed by atoms with Gasteiger partial charge in [0.2, 0.25) is 21.8 Å². The lowest BCUT2D eigenvalue weighted by molar-refractivity contribution is -0.141. The molecule has 7 nitrogen and oxygen atoms in total. The Bertz CT molecular complexity index is 1170. The minimum atomic E-state index is -3.59. The summed E-state index contributed by atoms with van der Waals surface area (Å²) in [6.07, 6.45) is 3.87. The van der Waals surface area contributed by atoms with Crippen molar-refractivity contribution in [3.05, 3.63) is 64.2 Å². The maximum Gasteiger partial charge on any atom is 0.242 e. The van der Waals surface area contributed by atoms with E-state index in [1.54, 1.807) is 30.0 Å². The third-order valence-corrected chi connectivity index (χ3v) is 8.07. The van der Waals surface area contributed by atoms with Crippen molar-refractivity contribution in [3.63, 3.8) is 0 Å². The molecule has 0 spiro atoms. The van der Waals surface area contributed by atoms with Crippen LogP contribution in [-0.2, 0) is 26.2 Å². The van der Waals surface area contributed by atoms with Gasteiger partial charge in [-0.15, -0.1) is 0 Å². The highest BCUT2D eigenvalue weighted by molar-refractivity contribution is 7.92. The normalized spacial score (nSPS) is 12.2. The van der Waals surface area contributed by atoms with Crippen LogP contribution in [0.15, 0.2) is 42.5 Å². The summed E-state index contributed by atoms with van der Waals surface area (Å²) in [6.45, 7) is 8.72. The summed E-state index contributed by atoms with van der Waals surface area (Å²) >= 11 is 6.23. The topological polar surface area (TPSA) is 86.8 Å². The predicted octanol–water partition coefficient (Wildman–Crippen LogP) is 5.23. The first-order valence-electron chi connectivity index (χ1n) is 12.9. The van der Waals surface area contributed by atoms with E-state index >= 15 is 0 Å². The minimum Gasteiger partial charge on any atom is -0.354 e. The van der Waals surface area contributed by atoms with Gasteiger partial charge in [0.05, 0.1) is 11.9 Å². The zero-order valence-corrected chi connectivity index (χ0v) is 24.2. The fourth-order valence-electron chi connectivity index (χ4n) is 4.25. The first-order valence-corrected chi connectivity index (χ1v) is 15.1. The quantitative estimate of drug-likeness (QED) is 0.327. The van der Waals surface area contributed by atoms with Gasteiger partial charge in [-0.1, -0.05) is 62.2 Å². The number of benzene rings is 2. The number of hydrogen-bond acceptors (Lipinski definition) is 4. The number of nitrogens with one attached hydrogen (secondary N) is 1. The largest absolute Gasteiger partial charge is 0.354 e. The van der Waals surface area contributed by atoms with Crippen LogP contribution >= 0.6 is 11.6 Å². The summed E-state index contributed by atoms with van der Waals surface area (Å²) in [5, 5.41) is 3.44. The molecule has 0 aliphatic rings. The highest BCUT2D eigenvalue weighted by atomic mass is 35.5. The van der Waals surface area contributed by atoms with Crippen LogP contribution in [0.2, 0.25) is 5.02 Å². The molecule has 0 aliphatic heterocycles. The number of sulfonamides is 1. The molecule has 0 bridgehead atoms. The van der Waals surface area contributed by atoms with Gasteiger partial charge in [0.1, 0.15) is 6.04 Å². The van der Waals surface area contributed by atoms with Crippen molar-refractivity contribution in [3.8, 4) is 0 Å².